The number of hydrogen-bond acceptors (Lipinski definition) is 5. The lowest BCUT2D eigenvalue weighted by atomic mass is 10.1. The molecule has 0 unspecified atom stereocenters. The Hall–Kier alpha value is -3.03. The molecule has 7 heteroatoms. The third-order valence-electron chi connectivity index (χ3n) is 5.92. The number of carbonyl (C=O) groups is 3. The number of aryl methyl sites for hydroxylation is 1. The van der Waals surface area contributed by atoms with E-state index in [1.807, 2.05) is 18.2 Å². The summed E-state index contributed by atoms with van der Waals surface area (Å²) in [7, 11) is 0. The van der Waals surface area contributed by atoms with Crippen molar-refractivity contribution in [2.45, 2.75) is 25.9 Å². The first kappa shape index (κ1) is 20.3. The van der Waals surface area contributed by atoms with Gasteiger partial charge in [0.2, 0.25) is 5.91 Å². The van der Waals surface area contributed by atoms with E-state index >= 15 is 0 Å². The monoisotopic (exact) mass is 407 g/mol. The number of nitrogens with zero attached hydrogens (tertiary/aromatic N) is 3. The van der Waals surface area contributed by atoms with Gasteiger partial charge in [-0.05, 0) is 30.2 Å². The van der Waals surface area contributed by atoms with Gasteiger partial charge in [0.25, 0.3) is 5.91 Å². The van der Waals surface area contributed by atoms with Crippen LogP contribution in [0, 0.1) is 6.92 Å². The summed E-state index contributed by atoms with van der Waals surface area (Å²) in [4.78, 5) is 42.7. The number of aromatic carboxylic acids is 1. The highest BCUT2D eigenvalue weighted by atomic mass is 16.4. The molecule has 2 aromatic carbocycles. The lowest BCUT2D eigenvalue weighted by Gasteiger charge is -2.37. The molecule has 7 nitrogen and oxygen atoms in total. The molecule has 156 valence electrons. The Kier molecular flexibility index (Phi) is 5.65. The van der Waals surface area contributed by atoms with Crippen LogP contribution in [0.2, 0.25) is 0 Å². The van der Waals surface area contributed by atoms with Gasteiger partial charge < -0.3 is 5.11 Å². The van der Waals surface area contributed by atoms with E-state index in [0.29, 0.717) is 11.3 Å². The summed E-state index contributed by atoms with van der Waals surface area (Å²) in [5.74, 6) is -1.62. The second kappa shape index (κ2) is 8.38. The van der Waals surface area contributed by atoms with Crippen molar-refractivity contribution in [3.8, 4) is 0 Å². The molecule has 0 bridgehead atoms. The second-order valence-corrected chi connectivity index (χ2v) is 7.89. The molecule has 0 aromatic heterocycles. The summed E-state index contributed by atoms with van der Waals surface area (Å²) < 4.78 is 0. The topological polar surface area (TPSA) is 81.2 Å². The van der Waals surface area contributed by atoms with E-state index in [1.54, 1.807) is 13.0 Å². The zero-order valence-electron chi connectivity index (χ0n) is 17.0. The Bertz CT molecular complexity index is 968. The number of benzene rings is 2. The van der Waals surface area contributed by atoms with E-state index in [1.165, 1.54) is 22.6 Å². The highest BCUT2D eigenvalue weighted by Crippen LogP contribution is 2.30. The smallest absolute Gasteiger partial charge is 0.335 e. The maximum atomic E-state index is 13.1. The van der Waals surface area contributed by atoms with Crippen LogP contribution in [-0.4, -0.2) is 64.9 Å². The summed E-state index contributed by atoms with van der Waals surface area (Å²) in [5.41, 5.74) is 2.40. The van der Waals surface area contributed by atoms with Crippen LogP contribution in [0.1, 0.15) is 27.9 Å². The van der Waals surface area contributed by atoms with E-state index in [9.17, 15) is 19.5 Å². The first-order valence-corrected chi connectivity index (χ1v) is 10.1. The molecule has 1 atom stereocenters. The summed E-state index contributed by atoms with van der Waals surface area (Å²) in [6.45, 7) is 5.76. The van der Waals surface area contributed by atoms with Gasteiger partial charge in [-0.3, -0.25) is 19.4 Å². The van der Waals surface area contributed by atoms with Gasteiger partial charge in [-0.1, -0.05) is 36.4 Å². The number of carboxylic acids is 1. The zero-order valence-corrected chi connectivity index (χ0v) is 17.0. The average molecular weight is 407 g/mol. The Morgan fingerprint density at radius 1 is 1.03 bits per heavy atom. The fourth-order valence-corrected chi connectivity index (χ4v) is 4.21. The minimum absolute atomic E-state index is 0.0641. The Morgan fingerprint density at radius 2 is 1.73 bits per heavy atom. The Labute approximate surface area is 175 Å². The average Bonchev–Trinajstić information content (AvgIpc) is 3.03. The van der Waals surface area contributed by atoms with Gasteiger partial charge in [0, 0.05) is 32.7 Å². The molecule has 2 saturated heterocycles. The number of amides is 2. The summed E-state index contributed by atoms with van der Waals surface area (Å²) in [6, 6.07) is 14.3. The van der Waals surface area contributed by atoms with Crippen molar-refractivity contribution in [1.29, 1.82) is 0 Å². The van der Waals surface area contributed by atoms with Crippen LogP contribution in [0.5, 0.6) is 0 Å². The van der Waals surface area contributed by atoms with Gasteiger partial charge in [0.05, 0.1) is 23.7 Å². The van der Waals surface area contributed by atoms with Crippen molar-refractivity contribution in [2.75, 3.05) is 31.1 Å². The minimum atomic E-state index is -1.08. The number of imide groups is 1. The van der Waals surface area contributed by atoms with Crippen LogP contribution in [-0.2, 0) is 16.1 Å². The molecule has 2 aromatic rings. The highest BCUT2D eigenvalue weighted by molar-refractivity contribution is 6.23. The largest absolute Gasteiger partial charge is 0.478 e. The predicted molar refractivity (Wildman–Crippen MR) is 112 cm³/mol. The van der Waals surface area contributed by atoms with Crippen molar-refractivity contribution < 1.29 is 19.5 Å². The summed E-state index contributed by atoms with van der Waals surface area (Å²) >= 11 is 0. The van der Waals surface area contributed by atoms with Crippen LogP contribution in [0.3, 0.4) is 0 Å². The van der Waals surface area contributed by atoms with Crippen LogP contribution in [0.25, 0.3) is 0 Å². The molecular formula is C23H25N3O4. The molecule has 0 radical (unpaired) electrons. The number of hydrogen-bond donors (Lipinski definition) is 1. The maximum Gasteiger partial charge on any atom is 0.335 e. The molecule has 0 spiro atoms. The fourth-order valence-electron chi connectivity index (χ4n) is 4.21. The van der Waals surface area contributed by atoms with Gasteiger partial charge in [-0.2, -0.15) is 0 Å². The SMILES string of the molecule is Cc1ccc(C(=O)O)cc1N1C(=O)C[C@@H](N2CCN(Cc3ccccc3)CC2)C1=O. The Balaban J connectivity index is 1.44. The van der Waals surface area contributed by atoms with Crippen LogP contribution in [0.4, 0.5) is 5.69 Å². The van der Waals surface area contributed by atoms with Crippen LogP contribution >= 0.6 is 0 Å². The van der Waals surface area contributed by atoms with E-state index in [-0.39, 0.29) is 23.8 Å². The second-order valence-electron chi connectivity index (χ2n) is 7.89. The molecular weight excluding hydrogens is 382 g/mol. The molecule has 0 saturated carbocycles. The maximum absolute atomic E-state index is 13.1. The van der Waals surface area contributed by atoms with Crippen molar-refractivity contribution >= 4 is 23.5 Å². The lowest BCUT2D eigenvalue weighted by molar-refractivity contribution is -0.123. The predicted octanol–water partition coefficient (Wildman–Crippen LogP) is 2.14. The van der Waals surface area contributed by atoms with E-state index in [4.69, 9.17) is 0 Å². The number of rotatable bonds is 5. The molecule has 2 heterocycles. The lowest BCUT2D eigenvalue weighted by Crippen LogP contribution is -2.52. The van der Waals surface area contributed by atoms with E-state index < -0.39 is 12.0 Å². The Morgan fingerprint density at radius 3 is 2.40 bits per heavy atom. The third-order valence-corrected chi connectivity index (χ3v) is 5.92. The fraction of sp³-hybridized carbons (Fsp3) is 0.348. The third kappa shape index (κ3) is 3.99. The van der Waals surface area contributed by atoms with Crippen LogP contribution < -0.4 is 4.90 Å². The molecule has 2 fully saturated rings. The number of carbonyl (C=O) groups excluding carboxylic acids is 2. The molecule has 2 amide bonds. The standard InChI is InChI=1S/C23H25N3O4/c1-16-7-8-18(23(29)30)13-19(16)26-21(27)14-20(22(26)28)25-11-9-24(10-12-25)15-17-5-3-2-4-6-17/h2-8,13,20H,9-12,14-15H2,1H3,(H,29,30)/t20-/m1/s1. The van der Waals surface area contributed by atoms with Gasteiger partial charge in [0.15, 0.2) is 0 Å². The normalized spacial score (nSPS) is 20.7. The number of carboxylic acid groups (broad SMARTS) is 1. The molecule has 30 heavy (non-hydrogen) atoms. The van der Waals surface area contributed by atoms with E-state index in [0.717, 1.165) is 32.7 Å². The van der Waals surface area contributed by atoms with Crippen molar-refractivity contribution in [1.82, 2.24) is 9.80 Å². The first-order chi connectivity index (χ1) is 14.4. The van der Waals surface area contributed by atoms with Gasteiger partial charge in [0.1, 0.15) is 0 Å². The van der Waals surface area contributed by atoms with Crippen molar-refractivity contribution in [2.24, 2.45) is 0 Å². The zero-order chi connectivity index (χ0) is 21.3. The minimum Gasteiger partial charge on any atom is -0.478 e. The molecule has 1 N–H and O–H groups in total. The van der Waals surface area contributed by atoms with Gasteiger partial charge in [-0.15, -0.1) is 0 Å². The van der Waals surface area contributed by atoms with E-state index in [2.05, 4.69) is 21.9 Å². The van der Waals surface area contributed by atoms with Gasteiger partial charge >= 0.3 is 5.97 Å². The van der Waals surface area contributed by atoms with Crippen LogP contribution in [0.15, 0.2) is 48.5 Å². The highest BCUT2D eigenvalue weighted by Gasteiger charge is 2.43. The van der Waals surface area contributed by atoms with Crippen molar-refractivity contribution in [3.05, 3.63) is 65.2 Å². The molecule has 4 rings (SSSR count). The molecule has 0 aliphatic carbocycles. The number of piperazine rings is 1. The van der Waals surface area contributed by atoms with Crippen molar-refractivity contribution in [3.63, 3.8) is 0 Å². The summed E-state index contributed by atoms with van der Waals surface area (Å²) in [5, 5.41) is 9.26. The van der Waals surface area contributed by atoms with Gasteiger partial charge in [-0.25, -0.2) is 9.69 Å². The summed E-state index contributed by atoms with van der Waals surface area (Å²) in [6.07, 6.45) is 0.133. The molecule has 2 aliphatic rings. The molecule has 2 aliphatic heterocycles. The first-order valence-electron chi connectivity index (χ1n) is 10.1. The quantitative estimate of drug-likeness (QED) is 0.765. The number of anilines is 1.